The fourth-order valence-electron chi connectivity index (χ4n) is 2.05. The maximum atomic E-state index is 11.6. The van der Waals surface area contributed by atoms with E-state index < -0.39 is 0 Å². The molecule has 1 aromatic carbocycles. The molecular formula is C19H33IN4O4. The Balaban J connectivity index is 0.00000729. The van der Waals surface area contributed by atoms with Crippen LogP contribution in [-0.4, -0.2) is 78.0 Å². The molecule has 160 valence electrons. The first-order valence-electron chi connectivity index (χ1n) is 9.00. The predicted molar refractivity (Wildman–Crippen MR) is 122 cm³/mol. The molecule has 0 fully saturated rings. The van der Waals surface area contributed by atoms with Crippen molar-refractivity contribution in [2.75, 3.05) is 61.2 Å². The van der Waals surface area contributed by atoms with E-state index in [4.69, 9.17) is 14.2 Å². The van der Waals surface area contributed by atoms with Gasteiger partial charge in [-0.3, -0.25) is 9.79 Å². The number of nitrogens with one attached hydrogen (secondary N) is 2. The molecule has 1 amide bonds. The summed E-state index contributed by atoms with van der Waals surface area (Å²) in [5, 5.41) is 6.50. The Kier molecular flexibility index (Phi) is 15.4. The smallest absolute Gasteiger partial charge is 0.259 e. The van der Waals surface area contributed by atoms with Gasteiger partial charge in [-0.1, -0.05) is 12.1 Å². The lowest BCUT2D eigenvalue weighted by molar-refractivity contribution is -0.130. The monoisotopic (exact) mass is 508 g/mol. The van der Waals surface area contributed by atoms with Crippen LogP contribution in [0.3, 0.4) is 0 Å². The van der Waals surface area contributed by atoms with Crippen molar-refractivity contribution in [3.8, 4) is 5.75 Å². The third-order valence-corrected chi connectivity index (χ3v) is 3.63. The molecule has 0 radical (unpaired) electrons. The number of carbonyl (C=O) groups is 1. The van der Waals surface area contributed by atoms with E-state index in [9.17, 15) is 4.79 Å². The molecule has 1 rings (SSSR count). The minimum absolute atomic E-state index is 0. The van der Waals surface area contributed by atoms with Crippen LogP contribution in [0.4, 0.5) is 0 Å². The van der Waals surface area contributed by atoms with Crippen LogP contribution in [0.15, 0.2) is 29.3 Å². The molecule has 28 heavy (non-hydrogen) atoms. The van der Waals surface area contributed by atoms with E-state index in [1.807, 2.05) is 24.3 Å². The zero-order valence-electron chi connectivity index (χ0n) is 17.2. The lowest BCUT2D eigenvalue weighted by atomic mass is 10.2. The third kappa shape index (κ3) is 12.0. The largest absolute Gasteiger partial charge is 0.484 e. The quantitative estimate of drug-likeness (QED) is 0.193. The molecule has 0 bridgehead atoms. The number of guanidine groups is 1. The van der Waals surface area contributed by atoms with E-state index in [1.165, 1.54) is 4.90 Å². The van der Waals surface area contributed by atoms with Gasteiger partial charge in [-0.2, -0.15) is 0 Å². The SMILES string of the molecule is CN=C(NCCCOCCOC)NCc1cccc(OCC(=O)N(C)C)c1.I. The van der Waals surface area contributed by atoms with E-state index >= 15 is 0 Å². The number of methoxy groups -OCH3 is 1. The molecule has 0 aliphatic carbocycles. The van der Waals surface area contributed by atoms with Crippen LogP contribution >= 0.6 is 24.0 Å². The first kappa shape index (κ1) is 26.4. The lowest BCUT2D eigenvalue weighted by Crippen LogP contribution is -2.37. The minimum Gasteiger partial charge on any atom is -0.484 e. The summed E-state index contributed by atoms with van der Waals surface area (Å²) < 4.78 is 15.9. The maximum absolute atomic E-state index is 11.6. The van der Waals surface area contributed by atoms with Crippen molar-refractivity contribution >= 4 is 35.8 Å². The Morgan fingerprint density at radius 1 is 1.18 bits per heavy atom. The summed E-state index contributed by atoms with van der Waals surface area (Å²) in [6, 6.07) is 7.64. The van der Waals surface area contributed by atoms with Gasteiger partial charge in [-0.25, -0.2) is 0 Å². The van der Waals surface area contributed by atoms with E-state index in [2.05, 4.69) is 15.6 Å². The van der Waals surface area contributed by atoms with Crippen molar-refractivity contribution in [1.29, 1.82) is 0 Å². The van der Waals surface area contributed by atoms with E-state index in [-0.39, 0.29) is 36.5 Å². The summed E-state index contributed by atoms with van der Waals surface area (Å²) in [6.07, 6.45) is 0.883. The Hall–Kier alpha value is -1.59. The number of ether oxygens (including phenoxy) is 3. The molecule has 0 atom stereocenters. The fourth-order valence-corrected chi connectivity index (χ4v) is 2.05. The second-order valence-electron chi connectivity index (χ2n) is 6.04. The molecule has 0 heterocycles. The fraction of sp³-hybridized carbons (Fsp3) is 0.579. The lowest BCUT2D eigenvalue weighted by Gasteiger charge is -2.14. The molecule has 9 heteroatoms. The highest BCUT2D eigenvalue weighted by atomic mass is 127. The highest BCUT2D eigenvalue weighted by Crippen LogP contribution is 2.13. The standard InChI is InChI=1S/C19H32N4O4.HI/c1-20-19(21-9-6-10-26-12-11-25-4)22-14-16-7-5-8-17(13-16)27-15-18(24)23(2)3;/h5,7-8,13H,6,9-12,14-15H2,1-4H3,(H2,20,21,22);1H. The molecular weight excluding hydrogens is 475 g/mol. The van der Waals surface area contributed by atoms with Crippen molar-refractivity contribution < 1.29 is 19.0 Å². The number of hydrogen-bond acceptors (Lipinski definition) is 5. The summed E-state index contributed by atoms with van der Waals surface area (Å²) in [7, 11) is 6.80. The predicted octanol–water partition coefficient (Wildman–Crippen LogP) is 1.49. The number of amides is 1. The van der Waals surface area contributed by atoms with Crippen molar-refractivity contribution in [3.63, 3.8) is 0 Å². The summed E-state index contributed by atoms with van der Waals surface area (Å²) in [5.41, 5.74) is 1.04. The zero-order chi connectivity index (χ0) is 19.9. The highest BCUT2D eigenvalue weighted by molar-refractivity contribution is 14.0. The summed E-state index contributed by atoms with van der Waals surface area (Å²) in [5.74, 6) is 1.32. The molecule has 2 N–H and O–H groups in total. The van der Waals surface area contributed by atoms with Crippen molar-refractivity contribution in [3.05, 3.63) is 29.8 Å². The summed E-state index contributed by atoms with van der Waals surface area (Å²) in [6.45, 7) is 3.30. The second-order valence-corrected chi connectivity index (χ2v) is 6.04. The molecule has 8 nitrogen and oxygen atoms in total. The van der Waals surface area contributed by atoms with Crippen LogP contribution in [-0.2, 0) is 20.8 Å². The Morgan fingerprint density at radius 2 is 1.96 bits per heavy atom. The Bertz CT molecular complexity index is 585. The summed E-state index contributed by atoms with van der Waals surface area (Å²) >= 11 is 0. The van der Waals surface area contributed by atoms with Crippen LogP contribution < -0.4 is 15.4 Å². The molecule has 0 aliphatic rings. The maximum Gasteiger partial charge on any atom is 0.259 e. The van der Waals surface area contributed by atoms with Crippen LogP contribution in [0, 0.1) is 0 Å². The molecule has 0 aromatic heterocycles. The molecule has 0 saturated carbocycles. The number of aliphatic imine (C=N–C) groups is 1. The van der Waals surface area contributed by atoms with Gasteiger partial charge in [-0.15, -0.1) is 24.0 Å². The number of benzene rings is 1. The first-order chi connectivity index (χ1) is 13.1. The first-order valence-corrected chi connectivity index (χ1v) is 9.00. The van der Waals surface area contributed by atoms with Crippen LogP contribution in [0.2, 0.25) is 0 Å². The van der Waals surface area contributed by atoms with Gasteiger partial charge in [0.05, 0.1) is 13.2 Å². The van der Waals surface area contributed by atoms with Crippen molar-refractivity contribution in [2.24, 2.45) is 4.99 Å². The minimum atomic E-state index is -0.0747. The second kappa shape index (κ2) is 16.4. The van der Waals surface area contributed by atoms with Gasteiger partial charge < -0.3 is 29.7 Å². The molecule has 0 unspecified atom stereocenters. The number of rotatable bonds is 12. The van der Waals surface area contributed by atoms with Crippen LogP contribution in [0.5, 0.6) is 5.75 Å². The van der Waals surface area contributed by atoms with Crippen molar-refractivity contribution in [2.45, 2.75) is 13.0 Å². The van der Waals surface area contributed by atoms with E-state index in [1.54, 1.807) is 28.3 Å². The number of nitrogens with zero attached hydrogens (tertiary/aromatic N) is 2. The molecule has 0 saturated heterocycles. The molecule has 0 aliphatic heterocycles. The third-order valence-electron chi connectivity index (χ3n) is 3.63. The number of carbonyl (C=O) groups excluding carboxylic acids is 1. The highest BCUT2D eigenvalue weighted by Gasteiger charge is 2.05. The van der Waals surface area contributed by atoms with E-state index in [0.717, 1.165) is 24.5 Å². The van der Waals surface area contributed by atoms with Gasteiger partial charge in [0.1, 0.15) is 5.75 Å². The van der Waals surface area contributed by atoms with Crippen LogP contribution in [0.1, 0.15) is 12.0 Å². The number of hydrogen-bond donors (Lipinski definition) is 2. The van der Waals surface area contributed by atoms with Crippen molar-refractivity contribution in [1.82, 2.24) is 15.5 Å². The van der Waals surface area contributed by atoms with Gasteiger partial charge in [0, 0.05) is 47.9 Å². The number of likely N-dealkylation sites (N-methyl/N-ethyl adjacent to an activating group) is 1. The topological polar surface area (TPSA) is 84.4 Å². The summed E-state index contributed by atoms with van der Waals surface area (Å²) in [4.78, 5) is 17.3. The Labute approximate surface area is 185 Å². The van der Waals surface area contributed by atoms with Crippen LogP contribution in [0.25, 0.3) is 0 Å². The van der Waals surface area contributed by atoms with Gasteiger partial charge in [0.2, 0.25) is 0 Å². The number of halogens is 1. The van der Waals surface area contributed by atoms with Gasteiger partial charge in [-0.05, 0) is 24.1 Å². The molecule has 0 spiro atoms. The zero-order valence-corrected chi connectivity index (χ0v) is 19.5. The van der Waals surface area contributed by atoms with E-state index in [0.29, 0.717) is 32.1 Å². The Morgan fingerprint density at radius 3 is 2.64 bits per heavy atom. The van der Waals surface area contributed by atoms with Gasteiger partial charge >= 0.3 is 0 Å². The average Bonchev–Trinajstić information content (AvgIpc) is 2.67. The average molecular weight is 508 g/mol. The van der Waals surface area contributed by atoms with Gasteiger partial charge in [0.15, 0.2) is 12.6 Å². The normalized spacial score (nSPS) is 10.8. The van der Waals surface area contributed by atoms with Gasteiger partial charge in [0.25, 0.3) is 5.91 Å². The molecule has 1 aromatic rings.